The van der Waals surface area contributed by atoms with Crippen LogP contribution in [0.1, 0.15) is 10.4 Å². The number of hydrogen-bond donors (Lipinski definition) is 3. The maximum Gasteiger partial charge on any atom is 0.255 e. The fourth-order valence-corrected chi connectivity index (χ4v) is 4.20. The predicted octanol–water partition coefficient (Wildman–Crippen LogP) is 3.70. The number of carbonyl (C=O) groups excluding carboxylic acids is 2. The molecule has 0 radical (unpaired) electrons. The summed E-state index contributed by atoms with van der Waals surface area (Å²) >= 11 is 0. The number of aromatic nitrogens is 2. The Kier molecular flexibility index (Phi) is 8.40. The van der Waals surface area contributed by atoms with Crippen LogP contribution in [-0.4, -0.2) is 86.5 Å². The Bertz CT molecular complexity index is 1440. The van der Waals surface area contributed by atoms with Crippen molar-refractivity contribution in [3.05, 3.63) is 66.5 Å². The molecule has 2 aromatic heterocycles. The fraction of sp³-hybridized carbons (Fsp3) is 0.276. The lowest BCUT2D eigenvalue weighted by atomic mass is 9.99. The molecule has 0 unspecified atom stereocenters. The minimum atomic E-state index is -0.207. The van der Waals surface area contributed by atoms with Crippen molar-refractivity contribution in [3.63, 3.8) is 0 Å². The van der Waals surface area contributed by atoms with Crippen molar-refractivity contribution in [1.82, 2.24) is 25.1 Å². The Morgan fingerprint density at radius 3 is 2.53 bits per heavy atom. The normalized spacial score (nSPS) is 11.1. The van der Waals surface area contributed by atoms with Gasteiger partial charge in [-0.3, -0.25) is 9.59 Å². The molecular formula is C29H34N6O3. The SMILES string of the molecule is COc1ccccc1-c1c[nH]c2ncc(-c3ccc(NC(=O)CNCCN(C)C)c(C(=O)N(C)C)c3)cc12. The number of para-hydroxylation sites is 1. The minimum Gasteiger partial charge on any atom is -0.496 e. The monoisotopic (exact) mass is 514 g/mol. The number of likely N-dealkylation sites (N-methyl/N-ethyl adjacent to an activating group) is 1. The van der Waals surface area contributed by atoms with Crippen molar-refractivity contribution in [2.24, 2.45) is 0 Å². The summed E-state index contributed by atoms with van der Waals surface area (Å²) in [6.45, 7) is 1.67. The van der Waals surface area contributed by atoms with Gasteiger partial charge in [0.25, 0.3) is 5.91 Å². The maximum atomic E-state index is 13.1. The number of pyridine rings is 1. The third-order valence-electron chi connectivity index (χ3n) is 6.21. The van der Waals surface area contributed by atoms with Crippen molar-refractivity contribution < 1.29 is 14.3 Å². The lowest BCUT2D eigenvalue weighted by Crippen LogP contribution is -2.33. The second-order valence-corrected chi connectivity index (χ2v) is 9.51. The second-order valence-electron chi connectivity index (χ2n) is 9.51. The van der Waals surface area contributed by atoms with Gasteiger partial charge in [-0.05, 0) is 43.9 Å². The number of fused-ring (bicyclic) bond motifs is 1. The van der Waals surface area contributed by atoms with Gasteiger partial charge >= 0.3 is 0 Å². The Morgan fingerprint density at radius 2 is 1.79 bits per heavy atom. The summed E-state index contributed by atoms with van der Waals surface area (Å²) in [5.74, 6) is 0.364. The average molecular weight is 515 g/mol. The predicted molar refractivity (Wildman–Crippen MR) is 152 cm³/mol. The Hall–Kier alpha value is -4.21. The number of carbonyl (C=O) groups is 2. The molecular weight excluding hydrogens is 480 g/mol. The fourth-order valence-electron chi connectivity index (χ4n) is 4.20. The van der Waals surface area contributed by atoms with Gasteiger partial charge < -0.3 is 30.2 Å². The zero-order chi connectivity index (χ0) is 27.2. The highest BCUT2D eigenvalue weighted by atomic mass is 16.5. The Labute approximate surface area is 222 Å². The van der Waals surface area contributed by atoms with E-state index >= 15 is 0 Å². The van der Waals surface area contributed by atoms with Gasteiger partial charge in [-0.15, -0.1) is 0 Å². The summed E-state index contributed by atoms with van der Waals surface area (Å²) in [7, 11) is 8.99. The number of amides is 2. The van der Waals surface area contributed by atoms with E-state index in [0.717, 1.165) is 45.6 Å². The molecule has 2 amide bonds. The van der Waals surface area contributed by atoms with Crippen LogP contribution in [0.2, 0.25) is 0 Å². The van der Waals surface area contributed by atoms with Crippen LogP contribution in [-0.2, 0) is 4.79 Å². The summed E-state index contributed by atoms with van der Waals surface area (Å²) in [4.78, 5) is 37.0. The third-order valence-corrected chi connectivity index (χ3v) is 6.21. The Balaban J connectivity index is 1.66. The van der Waals surface area contributed by atoms with Gasteiger partial charge in [0.1, 0.15) is 11.4 Å². The zero-order valence-corrected chi connectivity index (χ0v) is 22.5. The van der Waals surface area contributed by atoms with E-state index in [2.05, 4.69) is 20.6 Å². The first-order valence-electron chi connectivity index (χ1n) is 12.4. The molecule has 4 rings (SSSR count). The number of aromatic amines is 1. The first-order valence-corrected chi connectivity index (χ1v) is 12.4. The molecule has 2 heterocycles. The molecule has 0 aliphatic carbocycles. The van der Waals surface area contributed by atoms with E-state index in [-0.39, 0.29) is 18.4 Å². The Morgan fingerprint density at radius 1 is 1.00 bits per heavy atom. The van der Waals surface area contributed by atoms with E-state index in [1.807, 2.05) is 61.6 Å². The van der Waals surface area contributed by atoms with Gasteiger partial charge in [-0.2, -0.15) is 0 Å². The van der Waals surface area contributed by atoms with Crippen LogP contribution in [0.4, 0.5) is 5.69 Å². The van der Waals surface area contributed by atoms with Crippen molar-refractivity contribution >= 4 is 28.5 Å². The van der Waals surface area contributed by atoms with Crippen LogP contribution in [0.5, 0.6) is 5.75 Å². The van der Waals surface area contributed by atoms with E-state index < -0.39 is 0 Å². The molecule has 4 aromatic rings. The maximum absolute atomic E-state index is 13.1. The van der Waals surface area contributed by atoms with Crippen LogP contribution in [0.25, 0.3) is 33.3 Å². The molecule has 0 spiro atoms. The van der Waals surface area contributed by atoms with Gasteiger partial charge in [0.2, 0.25) is 5.91 Å². The number of ether oxygens (including phenoxy) is 1. The van der Waals surface area contributed by atoms with Crippen molar-refractivity contribution in [1.29, 1.82) is 0 Å². The topological polar surface area (TPSA) is 103 Å². The first kappa shape index (κ1) is 26.8. The largest absolute Gasteiger partial charge is 0.496 e. The van der Waals surface area contributed by atoms with Gasteiger partial charge in [-0.25, -0.2) is 4.98 Å². The van der Waals surface area contributed by atoms with Gasteiger partial charge in [-0.1, -0.05) is 24.3 Å². The summed E-state index contributed by atoms with van der Waals surface area (Å²) in [5, 5.41) is 6.94. The zero-order valence-electron chi connectivity index (χ0n) is 22.5. The van der Waals surface area contributed by atoms with Crippen LogP contribution < -0.4 is 15.4 Å². The summed E-state index contributed by atoms with van der Waals surface area (Å²) in [6, 6.07) is 15.3. The standard InChI is InChI=1S/C29H34N6O3/c1-34(2)13-12-30-18-27(36)33-25-11-10-19(14-23(25)29(37)35(3)4)20-15-22-24(17-32-28(22)31-16-20)21-8-6-7-9-26(21)38-5/h6-11,14-17,30H,12-13,18H2,1-5H3,(H,31,32)(H,33,36). The van der Waals surface area contributed by atoms with E-state index in [9.17, 15) is 9.59 Å². The van der Waals surface area contributed by atoms with Crippen LogP contribution in [0, 0.1) is 0 Å². The smallest absolute Gasteiger partial charge is 0.255 e. The number of anilines is 1. The molecule has 9 nitrogen and oxygen atoms in total. The highest BCUT2D eigenvalue weighted by Crippen LogP contribution is 2.36. The van der Waals surface area contributed by atoms with Crippen LogP contribution >= 0.6 is 0 Å². The quantitative estimate of drug-likeness (QED) is 0.279. The van der Waals surface area contributed by atoms with E-state index in [4.69, 9.17) is 4.74 Å². The minimum absolute atomic E-state index is 0.158. The molecule has 0 aliphatic rings. The summed E-state index contributed by atoms with van der Waals surface area (Å²) in [5.41, 5.74) is 5.24. The lowest BCUT2D eigenvalue weighted by Gasteiger charge is -2.17. The summed E-state index contributed by atoms with van der Waals surface area (Å²) < 4.78 is 5.57. The molecule has 38 heavy (non-hydrogen) atoms. The third kappa shape index (κ3) is 6.01. The van der Waals surface area contributed by atoms with Gasteiger partial charge in [0.15, 0.2) is 0 Å². The number of hydrogen-bond acceptors (Lipinski definition) is 6. The molecule has 0 fully saturated rings. The molecule has 0 saturated carbocycles. The molecule has 3 N–H and O–H groups in total. The molecule has 2 aromatic carbocycles. The molecule has 0 bridgehead atoms. The number of rotatable bonds is 10. The van der Waals surface area contributed by atoms with Gasteiger partial charge in [0.05, 0.1) is 24.9 Å². The highest BCUT2D eigenvalue weighted by molar-refractivity contribution is 6.05. The van der Waals surface area contributed by atoms with Gasteiger partial charge in [0, 0.05) is 61.7 Å². The number of H-pyrrole nitrogens is 1. The van der Waals surface area contributed by atoms with Crippen LogP contribution in [0.3, 0.4) is 0 Å². The number of methoxy groups -OCH3 is 1. The van der Waals surface area contributed by atoms with E-state index in [1.54, 1.807) is 39.5 Å². The molecule has 0 atom stereocenters. The molecule has 0 aliphatic heterocycles. The summed E-state index contributed by atoms with van der Waals surface area (Å²) in [6.07, 6.45) is 3.70. The van der Waals surface area contributed by atoms with Crippen molar-refractivity contribution in [2.75, 3.05) is 60.3 Å². The number of nitrogens with one attached hydrogen (secondary N) is 3. The van der Waals surface area contributed by atoms with Crippen LogP contribution in [0.15, 0.2) is 60.9 Å². The van der Waals surface area contributed by atoms with Crippen molar-refractivity contribution in [3.8, 4) is 28.0 Å². The molecule has 0 saturated heterocycles. The molecule has 198 valence electrons. The first-order chi connectivity index (χ1) is 18.3. The number of benzene rings is 2. The van der Waals surface area contributed by atoms with E-state index in [1.165, 1.54) is 4.90 Å². The highest BCUT2D eigenvalue weighted by Gasteiger charge is 2.18. The van der Waals surface area contributed by atoms with Crippen molar-refractivity contribution in [2.45, 2.75) is 0 Å². The second kappa shape index (κ2) is 11.9. The lowest BCUT2D eigenvalue weighted by molar-refractivity contribution is -0.115. The van der Waals surface area contributed by atoms with E-state index in [0.29, 0.717) is 17.8 Å². The average Bonchev–Trinajstić information content (AvgIpc) is 3.34. The number of nitrogens with zero attached hydrogens (tertiary/aromatic N) is 3. The molecule has 9 heteroatoms.